The van der Waals surface area contributed by atoms with Gasteiger partial charge in [0.1, 0.15) is 5.82 Å². The van der Waals surface area contributed by atoms with Crippen molar-refractivity contribution >= 4 is 11.3 Å². The van der Waals surface area contributed by atoms with Gasteiger partial charge in [-0.2, -0.15) is 0 Å². The number of aromatic nitrogens is 3. The van der Waals surface area contributed by atoms with Crippen molar-refractivity contribution in [3.8, 4) is 0 Å². The van der Waals surface area contributed by atoms with Crippen LogP contribution in [0.5, 0.6) is 0 Å². The lowest BCUT2D eigenvalue weighted by Gasteiger charge is -2.16. The predicted molar refractivity (Wildman–Crippen MR) is 73.7 cm³/mol. The third kappa shape index (κ3) is 3.34. The van der Waals surface area contributed by atoms with Crippen molar-refractivity contribution in [1.82, 2.24) is 20.3 Å². The van der Waals surface area contributed by atoms with Gasteiger partial charge < -0.3 is 5.32 Å². The molecule has 5 heteroatoms. The van der Waals surface area contributed by atoms with Crippen LogP contribution in [0.4, 0.5) is 0 Å². The highest BCUT2D eigenvalue weighted by Crippen LogP contribution is 2.19. The highest BCUT2D eigenvalue weighted by Gasteiger charge is 2.14. The fourth-order valence-corrected chi connectivity index (χ4v) is 2.69. The maximum absolute atomic E-state index is 4.52. The smallest absolute Gasteiger partial charge is 0.125 e. The Bertz CT molecular complexity index is 509. The van der Waals surface area contributed by atoms with E-state index in [1.165, 1.54) is 0 Å². The third-order valence-electron chi connectivity index (χ3n) is 2.65. The normalized spacial score (nSPS) is 12.6. The molecule has 0 amide bonds. The topological polar surface area (TPSA) is 50.7 Å². The molecule has 18 heavy (non-hydrogen) atoms. The lowest BCUT2D eigenvalue weighted by Crippen LogP contribution is -2.24. The second kappa shape index (κ2) is 6.02. The van der Waals surface area contributed by atoms with Gasteiger partial charge in [-0.25, -0.2) is 15.0 Å². The van der Waals surface area contributed by atoms with E-state index in [-0.39, 0.29) is 6.04 Å². The molecule has 1 N–H and O–H groups in total. The molecule has 0 spiro atoms. The summed E-state index contributed by atoms with van der Waals surface area (Å²) in [5, 5.41) is 6.70. The molecule has 2 aromatic rings. The van der Waals surface area contributed by atoms with Gasteiger partial charge in [-0.3, -0.25) is 0 Å². The highest BCUT2D eigenvalue weighted by atomic mass is 32.1. The van der Waals surface area contributed by atoms with Crippen LogP contribution in [0, 0.1) is 13.8 Å². The van der Waals surface area contributed by atoms with Crippen molar-refractivity contribution in [3.63, 3.8) is 0 Å². The van der Waals surface area contributed by atoms with Crippen LogP contribution in [-0.4, -0.2) is 21.5 Å². The Hall–Kier alpha value is -1.33. The van der Waals surface area contributed by atoms with Gasteiger partial charge in [0.25, 0.3) is 0 Å². The molecule has 96 valence electrons. The van der Waals surface area contributed by atoms with Gasteiger partial charge in [-0.1, -0.05) is 6.92 Å². The molecule has 2 rings (SSSR count). The Balaban J connectivity index is 2.17. The van der Waals surface area contributed by atoms with E-state index in [0.717, 1.165) is 35.2 Å². The molecule has 0 saturated carbocycles. The van der Waals surface area contributed by atoms with Crippen LogP contribution in [0.15, 0.2) is 17.6 Å². The zero-order valence-electron chi connectivity index (χ0n) is 11.0. The maximum Gasteiger partial charge on any atom is 0.125 e. The molecule has 0 bridgehead atoms. The Morgan fingerprint density at radius 1 is 1.33 bits per heavy atom. The van der Waals surface area contributed by atoms with Crippen LogP contribution in [0.3, 0.4) is 0 Å². The lowest BCUT2D eigenvalue weighted by atomic mass is 10.1. The molecule has 2 heterocycles. The minimum Gasteiger partial charge on any atom is -0.309 e. The lowest BCUT2D eigenvalue weighted by molar-refractivity contribution is 0.532. The molecular formula is C13H18N4S. The van der Waals surface area contributed by atoms with Crippen LogP contribution >= 0.6 is 11.3 Å². The molecule has 0 fully saturated rings. The Morgan fingerprint density at radius 3 is 2.78 bits per heavy atom. The third-order valence-corrected chi connectivity index (χ3v) is 3.64. The largest absolute Gasteiger partial charge is 0.309 e. The summed E-state index contributed by atoms with van der Waals surface area (Å²) in [6.45, 7) is 6.96. The number of thiazole rings is 1. The maximum atomic E-state index is 4.52. The quantitative estimate of drug-likeness (QED) is 0.899. The summed E-state index contributed by atoms with van der Waals surface area (Å²) in [6, 6.07) is 2.18. The van der Waals surface area contributed by atoms with E-state index >= 15 is 0 Å². The minimum absolute atomic E-state index is 0.210. The number of nitrogens with one attached hydrogen (secondary N) is 1. The van der Waals surface area contributed by atoms with Gasteiger partial charge in [-0.15, -0.1) is 11.3 Å². The average molecular weight is 262 g/mol. The van der Waals surface area contributed by atoms with Crippen LogP contribution in [0.1, 0.15) is 35.2 Å². The molecule has 2 aromatic heterocycles. The van der Waals surface area contributed by atoms with Crippen molar-refractivity contribution in [3.05, 3.63) is 39.9 Å². The molecule has 0 saturated heterocycles. The number of nitrogens with zero attached hydrogens (tertiary/aromatic N) is 3. The number of likely N-dealkylation sites (N-methyl/N-ethyl adjacent to an activating group) is 1. The van der Waals surface area contributed by atoms with Gasteiger partial charge in [-0.05, 0) is 26.5 Å². The number of aryl methyl sites for hydroxylation is 2. The summed E-state index contributed by atoms with van der Waals surface area (Å²) < 4.78 is 0. The van der Waals surface area contributed by atoms with Gasteiger partial charge in [0.15, 0.2) is 0 Å². The first-order valence-electron chi connectivity index (χ1n) is 6.13. The van der Waals surface area contributed by atoms with Crippen LogP contribution in [0.2, 0.25) is 0 Å². The Labute approximate surface area is 112 Å². The summed E-state index contributed by atoms with van der Waals surface area (Å²) in [7, 11) is 0. The van der Waals surface area contributed by atoms with Crippen LogP contribution in [-0.2, 0) is 6.42 Å². The standard InChI is InChI=1S/C13H18N4S/c1-4-14-12(7-13-16-9(2)8-18-13)11-5-6-15-10(3)17-11/h5-6,8,12,14H,4,7H2,1-3H3. The Morgan fingerprint density at radius 2 is 2.17 bits per heavy atom. The van der Waals surface area contributed by atoms with Crippen molar-refractivity contribution < 1.29 is 0 Å². The van der Waals surface area contributed by atoms with Crippen molar-refractivity contribution in [1.29, 1.82) is 0 Å². The monoisotopic (exact) mass is 262 g/mol. The molecule has 0 aliphatic heterocycles. The second-order valence-electron chi connectivity index (χ2n) is 4.23. The number of hydrogen-bond donors (Lipinski definition) is 1. The highest BCUT2D eigenvalue weighted by molar-refractivity contribution is 7.09. The first kappa shape index (κ1) is 13.1. The molecule has 4 nitrogen and oxygen atoms in total. The minimum atomic E-state index is 0.210. The Kier molecular flexibility index (Phi) is 4.38. The van der Waals surface area contributed by atoms with E-state index in [0.29, 0.717) is 0 Å². The van der Waals surface area contributed by atoms with Gasteiger partial charge in [0.05, 0.1) is 16.7 Å². The molecule has 1 unspecified atom stereocenters. The molecule has 0 aliphatic carbocycles. The van der Waals surface area contributed by atoms with E-state index < -0.39 is 0 Å². The summed E-state index contributed by atoms with van der Waals surface area (Å²) in [6.07, 6.45) is 2.69. The van der Waals surface area contributed by atoms with E-state index in [1.807, 2.05) is 26.1 Å². The van der Waals surface area contributed by atoms with E-state index in [1.54, 1.807) is 11.3 Å². The summed E-state index contributed by atoms with van der Waals surface area (Å²) >= 11 is 1.71. The number of rotatable bonds is 5. The van der Waals surface area contributed by atoms with Crippen molar-refractivity contribution in [2.75, 3.05) is 6.54 Å². The molecular weight excluding hydrogens is 244 g/mol. The summed E-state index contributed by atoms with van der Waals surface area (Å²) in [5.41, 5.74) is 2.13. The molecule has 1 atom stereocenters. The zero-order valence-corrected chi connectivity index (χ0v) is 11.8. The fraction of sp³-hybridized carbons (Fsp3) is 0.462. The average Bonchev–Trinajstić information content (AvgIpc) is 2.74. The molecule has 0 aliphatic rings. The van der Waals surface area contributed by atoms with Gasteiger partial charge >= 0.3 is 0 Å². The fourth-order valence-electron chi connectivity index (χ4n) is 1.87. The summed E-state index contributed by atoms with van der Waals surface area (Å²) in [4.78, 5) is 13.2. The first-order chi connectivity index (χ1) is 8.69. The molecule has 0 aromatic carbocycles. The molecule has 0 radical (unpaired) electrons. The van der Waals surface area contributed by atoms with E-state index in [4.69, 9.17) is 0 Å². The number of hydrogen-bond acceptors (Lipinski definition) is 5. The second-order valence-corrected chi connectivity index (χ2v) is 5.17. The predicted octanol–water partition coefficient (Wildman–Crippen LogP) is 2.44. The van der Waals surface area contributed by atoms with Gasteiger partial charge in [0.2, 0.25) is 0 Å². The first-order valence-corrected chi connectivity index (χ1v) is 7.01. The van der Waals surface area contributed by atoms with Crippen LogP contribution in [0.25, 0.3) is 0 Å². The van der Waals surface area contributed by atoms with Crippen LogP contribution < -0.4 is 5.32 Å². The van der Waals surface area contributed by atoms with Gasteiger partial charge in [0, 0.05) is 23.7 Å². The summed E-state index contributed by atoms with van der Waals surface area (Å²) in [5.74, 6) is 0.811. The zero-order chi connectivity index (χ0) is 13.0. The SMILES string of the molecule is CCNC(Cc1nc(C)cs1)c1ccnc(C)n1. The van der Waals surface area contributed by atoms with Crippen molar-refractivity contribution in [2.24, 2.45) is 0 Å². The van der Waals surface area contributed by atoms with E-state index in [2.05, 4.69) is 32.6 Å². The van der Waals surface area contributed by atoms with Crippen molar-refractivity contribution in [2.45, 2.75) is 33.2 Å². The van der Waals surface area contributed by atoms with E-state index in [9.17, 15) is 0 Å².